The quantitative estimate of drug-likeness (QED) is 0.705. The fraction of sp³-hybridized carbons (Fsp3) is 1.00. The zero-order chi connectivity index (χ0) is 12.7. The zero-order valence-corrected chi connectivity index (χ0v) is 11.3. The summed E-state index contributed by atoms with van der Waals surface area (Å²) in [6, 6.07) is -0.197. The van der Waals surface area contributed by atoms with Crippen molar-refractivity contribution in [1.82, 2.24) is 4.72 Å². The second-order valence-corrected chi connectivity index (χ2v) is 6.64. The van der Waals surface area contributed by atoms with Gasteiger partial charge in [-0.15, -0.1) is 0 Å². The van der Waals surface area contributed by atoms with Crippen LogP contribution in [0, 0.1) is 0 Å². The van der Waals surface area contributed by atoms with Gasteiger partial charge in [-0.3, -0.25) is 0 Å². The normalized spacial score (nSPS) is 20.4. The molecule has 17 heavy (non-hydrogen) atoms. The topological polar surface area (TPSA) is 81.4 Å². The summed E-state index contributed by atoms with van der Waals surface area (Å²) in [7, 11) is -1.64. The van der Waals surface area contributed by atoms with Gasteiger partial charge >= 0.3 is 0 Å². The molecule has 1 atom stereocenters. The number of sulfonamides is 1. The maximum absolute atomic E-state index is 12.1. The average molecular weight is 264 g/mol. The van der Waals surface area contributed by atoms with Gasteiger partial charge in [0.05, 0.1) is 11.9 Å². The molecule has 3 N–H and O–H groups in total. The van der Waals surface area contributed by atoms with E-state index in [0.29, 0.717) is 19.6 Å². The molecule has 0 saturated heterocycles. The summed E-state index contributed by atoms with van der Waals surface area (Å²) in [6.07, 6.45) is 5.33. The van der Waals surface area contributed by atoms with Crippen LogP contribution >= 0.6 is 0 Å². The van der Waals surface area contributed by atoms with Gasteiger partial charge in [-0.25, -0.2) is 13.1 Å². The molecule has 0 aromatic heterocycles. The number of rotatable bonds is 7. The first-order chi connectivity index (χ1) is 8.10. The Bertz CT molecular complexity index is 294. The molecule has 1 saturated carbocycles. The molecule has 1 fully saturated rings. The van der Waals surface area contributed by atoms with Crippen LogP contribution in [0.5, 0.6) is 0 Å². The molecular formula is C11H24N2O3S. The largest absolute Gasteiger partial charge is 0.383 e. The molecule has 1 aliphatic rings. The summed E-state index contributed by atoms with van der Waals surface area (Å²) in [5.74, 6) is 0. The first kappa shape index (κ1) is 14.9. The lowest BCUT2D eigenvalue weighted by atomic mass is 10.0. The smallest absolute Gasteiger partial charge is 0.214 e. The predicted octanol–water partition coefficient (Wildman–Crippen LogP) is 0.602. The van der Waals surface area contributed by atoms with Gasteiger partial charge in [-0.2, -0.15) is 0 Å². The number of nitrogens with two attached hydrogens (primary N) is 1. The number of nitrogens with one attached hydrogen (secondary N) is 1. The molecule has 6 heteroatoms. The number of hydrogen-bond acceptors (Lipinski definition) is 4. The molecular weight excluding hydrogens is 240 g/mol. The molecule has 0 bridgehead atoms. The third-order valence-corrected chi connectivity index (χ3v) is 5.22. The highest BCUT2D eigenvalue weighted by Gasteiger charge is 2.29. The summed E-state index contributed by atoms with van der Waals surface area (Å²) >= 11 is 0. The van der Waals surface area contributed by atoms with E-state index in [1.165, 1.54) is 0 Å². The summed E-state index contributed by atoms with van der Waals surface area (Å²) in [4.78, 5) is 0. The molecule has 0 spiro atoms. The minimum atomic E-state index is -3.21. The molecule has 0 aromatic carbocycles. The second-order valence-electron chi connectivity index (χ2n) is 4.65. The Morgan fingerprint density at radius 3 is 2.53 bits per heavy atom. The molecule has 1 unspecified atom stereocenters. The van der Waals surface area contributed by atoms with E-state index >= 15 is 0 Å². The van der Waals surface area contributed by atoms with E-state index in [2.05, 4.69) is 4.72 Å². The van der Waals surface area contributed by atoms with Crippen LogP contribution in [0.3, 0.4) is 0 Å². The number of methoxy groups -OCH3 is 1. The van der Waals surface area contributed by atoms with Crippen molar-refractivity contribution in [1.29, 1.82) is 0 Å². The van der Waals surface area contributed by atoms with Crippen LogP contribution in [0.2, 0.25) is 0 Å². The van der Waals surface area contributed by atoms with Crippen molar-refractivity contribution >= 4 is 10.0 Å². The van der Waals surface area contributed by atoms with Crippen LogP contribution in [0.1, 0.15) is 38.5 Å². The Morgan fingerprint density at radius 1 is 1.35 bits per heavy atom. The molecule has 0 heterocycles. The van der Waals surface area contributed by atoms with Gasteiger partial charge in [-0.05, 0) is 25.8 Å². The number of ether oxygens (including phenoxy) is 1. The lowest BCUT2D eigenvalue weighted by Crippen LogP contribution is -2.44. The van der Waals surface area contributed by atoms with E-state index in [1.54, 1.807) is 7.11 Å². The van der Waals surface area contributed by atoms with Crippen LogP contribution < -0.4 is 10.5 Å². The van der Waals surface area contributed by atoms with Crippen molar-refractivity contribution in [2.75, 3.05) is 20.3 Å². The van der Waals surface area contributed by atoms with Crippen LogP contribution in [0.25, 0.3) is 0 Å². The van der Waals surface area contributed by atoms with Crippen molar-refractivity contribution in [2.45, 2.75) is 49.8 Å². The van der Waals surface area contributed by atoms with Crippen LogP contribution in [0.4, 0.5) is 0 Å². The molecule has 1 aliphatic carbocycles. The van der Waals surface area contributed by atoms with E-state index in [1.807, 2.05) is 0 Å². The van der Waals surface area contributed by atoms with Crippen LogP contribution in [-0.4, -0.2) is 40.0 Å². The Kier molecular flexibility index (Phi) is 6.40. The predicted molar refractivity (Wildman–Crippen MR) is 68.3 cm³/mol. The Hall–Kier alpha value is -0.170. The first-order valence-electron chi connectivity index (χ1n) is 6.30. The van der Waals surface area contributed by atoms with E-state index in [9.17, 15) is 8.42 Å². The van der Waals surface area contributed by atoms with Gasteiger partial charge in [0.2, 0.25) is 10.0 Å². The highest BCUT2D eigenvalue weighted by molar-refractivity contribution is 7.90. The number of hydrogen-bond donors (Lipinski definition) is 2. The van der Waals surface area contributed by atoms with Gasteiger partial charge in [-0.1, -0.05) is 19.3 Å². The van der Waals surface area contributed by atoms with Gasteiger partial charge in [0.25, 0.3) is 0 Å². The van der Waals surface area contributed by atoms with Crippen molar-refractivity contribution in [3.63, 3.8) is 0 Å². The van der Waals surface area contributed by atoms with E-state index in [0.717, 1.165) is 32.1 Å². The van der Waals surface area contributed by atoms with Crippen molar-refractivity contribution in [2.24, 2.45) is 5.73 Å². The highest BCUT2D eigenvalue weighted by Crippen LogP contribution is 2.23. The average Bonchev–Trinajstić information content (AvgIpc) is 2.30. The minimum Gasteiger partial charge on any atom is -0.383 e. The Morgan fingerprint density at radius 2 is 2.00 bits per heavy atom. The third kappa shape index (κ3) is 4.91. The second kappa shape index (κ2) is 7.31. The Labute approximate surface area is 104 Å². The zero-order valence-electron chi connectivity index (χ0n) is 10.5. The van der Waals surface area contributed by atoms with E-state index in [4.69, 9.17) is 10.5 Å². The molecule has 102 valence electrons. The fourth-order valence-corrected chi connectivity index (χ4v) is 4.08. The maximum atomic E-state index is 12.1. The maximum Gasteiger partial charge on any atom is 0.214 e. The van der Waals surface area contributed by atoms with Gasteiger partial charge in [0.1, 0.15) is 0 Å². The summed E-state index contributed by atoms with van der Waals surface area (Å²) in [5, 5.41) is -0.228. The minimum absolute atomic E-state index is 0.197. The Balaban J connectivity index is 2.55. The van der Waals surface area contributed by atoms with Gasteiger partial charge in [0, 0.05) is 13.2 Å². The summed E-state index contributed by atoms with van der Waals surface area (Å²) < 4.78 is 32.0. The van der Waals surface area contributed by atoms with E-state index in [-0.39, 0.29) is 11.3 Å². The summed E-state index contributed by atoms with van der Waals surface area (Å²) in [5.41, 5.74) is 5.47. The lowest BCUT2D eigenvalue weighted by Gasteiger charge is -2.25. The van der Waals surface area contributed by atoms with Crippen molar-refractivity contribution in [3.05, 3.63) is 0 Å². The van der Waals surface area contributed by atoms with E-state index < -0.39 is 10.0 Å². The van der Waals surface area contributed by atoms with Crippen LogP contribution in [0.15, 0.2) is 0 Å². The molecule has 1 rings (SSSR count). The van der Waals surface area contributed by atoms with Crippen molar-refractivity contribution < 1.29 is 13.2 Å². The molecule has 0 radical (unpaired) electrons. The molecule has 5 nitrogen and oxygen atoms in total. The molecule has 0 aromatic rings. The molecule has 0 amide bonds. The van der Waals surface area contributed by atoms with Crippen LogP contribution in [-0.2, 0) is 14.8 Å². The molecule has 0 aliphatic heterocycles. The SMILES string of the molecule is COCC(CCN)NS(=O)(=O)C1CCCCC1. The standard InChI is InChI=1S/C11H24N2O3S/c1-16-9-10(7-8-12)13-17(14,15)11-5-3-2-4-6-11/h10-11,13H,2-9,12H2,1H3. The fourth-order valence-electron chi connectivity index (χ4n) is 2.28. The monoisotopic (exact) mass is 264 g/mol. The lowest BCUT2D eigenvalue weighted by molar-refractivity contribution is 0.172. The summed E-state index contributed by atoms with van der Waals surface area (Å²) in [6.45, 7) is 0.838. The highest BCUT2D eigenvalue weighted by atomic mass is 32.2. The van der Waals surface area contributed by atoms with Gasteiger partial charge < -0.3 is 10.5 Å². The third-order valence-electron chi connectivity index (χ3n) is 3.20. The van der Waals surface area contributed by atoms with Gasteiger partial charge in [0.15, 0.2) is 0 Å². The van der Waals surface area contributed by atoms with Crippen molar-refractivity contribution in [3.8, 4) is 0 Å². The first-order valence-corrected chi connectivity index (χ1v) is 7.85.